The number of ether oxygens (including phenoxy) is 2. The second kappa shape index (κ2) is 8.01. The average Bonchev–Trinajstić information content (AvgIpc) is 3.00. The van der Waals surface area contributed by atoms with Crippen molar-refractivity contribution in [2.75, 3.05) is 26.1 Å². The molecule has 1 saturated heterocycles. The Hall–Kier alpha value is -1.19. The standard InChI is InChI=1S/C16H19ClN2O4S2/c1-25(20,21)19-14-6-7-22-9-12(14)10-23-13-4-2-11(3-5-13)16-18-8-15(17)24-16/h2-5,8,12,14,19H,6-7,9-10H2,1H3. The third kappa shape index (κ3) is 5.39. The molecule has 9 heteroatoms. The Bertz CT molecular complexity index is 808. The van der Waals surface area contributed by atoms with Crippen LogP contribution in [0, 0.1) is 5.92 Å². The molecule has 1 aromatic carbocycles. The summed E-state index contributed by atoms with van der Waals surface area (Å²) in [5, 5.41) is 0.856. The number of thiazole rings is 1. The summed E-state index contributed by atoms with van der Waals surface area (Å²) >= 11 is 7.33. The summed E-state index contributed by atoms with van der Waals surface area (Å²) in [6.07, 6.45) is 3.44. The van der Waals surface area contributed by atoms with Crippen molar-refractivity contribution < 1.29 is 17.9 Å². The molecule has 1 aliphatic heterocycles. The molecule has 25 heavy (non-hydrogen) atoms. The number of aromatic nitrogens is 1. The Morgan fingerprint density at radius 1 is 1.40 bits per heavy atom. The summed E-state index contributed by atoms with van der Waals surface area (Å²) in [5.41, 5.74) is 0.974. The van der Waals surface area contributed by atoms with Gasteiger partial charge >= 0.3 is 0 Å². The highest BCUT2D eigenvalue weighted by Gasteiger charge is 2.28. The topological polar surface area (TPSA) is 77.5 Å². The molecule has 2 atom stereocenters. The van der Waals surface area contributed by atoms with Crippen molar-refractivity contribution in [3.63, 3.8) is 0 Å². The fourth-order valence-corrected chi connectivity index (χ4v) is 4.45. The van der Waals surface area contributed by atoms with E-state index >= 15 is 0 Å². The van der Waals surface area contributed by atoms with Gasteiger partial charge in [-0.2, -0.15) is 0 Å². The Labute approximate surface area is 156 Å². The van der Waals surface area contributed by atoms with E-state index in [9.17, 15) is 8.42 Å². The van der Waals surface area contributed by atoms with Gasteiger partial charge in [0.1, 0.15) is 15.1 Å². The van der Waals surface area contributed by atoms with E-state index in [1.165, 1.54) is 17.6 Å². The number of hydrogen-bond acceptors (Lipinski definition) is 6. The largest absolute Gasteiger partial charge is 0.493 e. The molecule has 136 valence electrons. The van der Waals surface area contributed by atoms with Crippen LogP contribution in [-0.2, 0) is 14.8 Å². The highest BCUT2D eigenvalue weighted by Crippen LogP contribution is 2.29. The zero-order chi connectivity index (χ0) is 17.9. The molecule has 0 amide bonds. The highest BCUT2D eigenvalue weighted by atomic mass is 35.5. The molecule has 1 N–H and O–H groups in total. The maximum atomic E-state index is 11.5. The average molecular weight is 403 g/mol. The Balaban J connectivity index is 1.60. The van der Waals surface area contributed by atoms with Crippen molar-refractivity contribution >= 4 is 33.0 Å². The number of sulfonamides is 1. The number of benzene rings is 1. The monoisotopic (exact) mass is 402 g/mol. The van der Waals surface area contributed by atoms with E-state index in [1.807, 2.05) is 24.3 Å². The van der Waals surface area contributed by atoms with Gasteiger partial charge in [-0.3, -0.25) is 0 Å². The van der Waals surface area contributed by atoms with E-state index in [-0.39, 0.29) is 12.0 Å². The fraction of sp³-hybridized carbons (Fsp3) is 0.438. The van der Waals surface area contributed by atoms with E-state index in [0.29, 0.717) is 30.6 Å². The van der Waals surface area contributed by atoms with E-state index < -0.39 is 10.0 Å². The molecule has 2 aromatic rings. The van der Waals surface area contributed by atoms with Gasteiger partial charge in [-0.05, 0) is 30.7 Å². The molecule has 2 unspecified atom stereocenters. The number of nitrogens with zero attached hydrogens (tertiary/aromatic N) is 1. The minimum Gasteiger partial charge on any atom is -0.493 e. The third-order valence-electron chi connectivity index (χ3n) is 3.88. The van der Waals surface area contributed by atoms with Crippen LogP contribution in [0.15, 0.2) is 30.5 Å². The minimum atomic E-state index is -3.25. The predicted molar refractivity (Wildman–Crippen MR) is 98.7 cm³/mol. The molecule has 1 aliphatic rings. The summed E-state index contributed by atoms with van der Waals surface area (Å²) in [5.74, 6) is 0.691. The molecule has 2 heterocycles. The van der Waals surface area contributed by atoms with Gasteiger partial charge in [0.2, 0.25) is 10.0 Å². The number of halogens is 1. The lowest BCUT2D eigenvalue weighted by molar-refractivity contribution is 0.0187. The van der Waals surface area contributed by atoms with Crippen molar-refractivity contribution in [1.82, 2.24) is 9.71 Å². The summed E-state index contributed by atoms with van der Waals surface area (Å²) in [6, 6.07) is 7.42. The normalized spacial score (nSPS) is 21.2. The number of nitrogens with one attached hydrogen (secondary N) is 1. The zero-order valence-corrected chi connectivity index (χ0v) is 16.0. The van der Waals surface area contributed by atoms with Gasteiger partial charge in [-0.15, -0.1) is 11.3 Å². The maximum absolute atomic E-state index is 11.5. The summed E-state index contributed by atoms with van der Waals surface area (Å²) in [7, 11) is -3.25. The molecule has 3 rings (SSSR count). The van der Waals surface area contributed by atoms with Gasteiger partial charge in [0, 0.05) is 24.1 Å². The van der Waals surface area contributed by atoms with Gasteiger partial charge < -0.3 is 9.47 Å². The van der Waals surface area contributed by atoms with Gasteiger partial charge in [-0.1, -0.05) is 11.6 Å². The summed E-state index contributed by atoms with van der Waals surface area (Å²) in [6.45, 7) is 1.41. The van der Waals surface area contributed by atoms with Gasteiger partial charge in [0.25, 0.3) is 0 Å². The zero-order valence-electron chi connectivity index (χ0n) is 13.6. The van der Waals surface area contributed by atoms with Crippen LogP contribution < -0.4 is 9.46 Å². The van der Waals surface area contributed by atoms with Crippen molar-refractivity contribution in [2.24, 2.45) is 5.92 Å². The Morgan fingerprint density at radius 2 is 2.16 bits per heavy atom. The first-order valence-electron chi connectivity index (χ1n) is 7.80. The van der Waals surface area contributed by atoms with Crippen LogP contribution in [0.1, 0.15) is 6.42 Å². The lowest BCUT2D eigenvalue weighted by Gasteiger charge is -2.31. The molecule has 0 radical (unpaired) electrons. The van der Waals surface area contributed by atoms with Crippen molar-refractivity contribution in [3.05, 3.63) is 34.8 Å². The summed E-state index contributed by atoms with van der Waals surface area (Å²) < 4.78 is 37.6. The number of rotatable bonds is 6. The summed E-state index contributed by atoms with van der Waals surface area (Å²) in [4.78, 5) is 4.24. The minimum absolute atomic E-state index is 0.0269. The second-order valence-electron chi connectivity index (χ2n) is 5.93. The highest BCUT2D eigenvalue weighted by molar-refractivity contribution is 7.88. The first-order chi connectivity index (χ1) is 11.9. The van der Waals surface area contributed by atoms with E-state index in [2.05, 4.69) is 9.71 Å². The number of hydrogen-bond donors (Lipinski definition) is 1. The van der Waals surface area contributed by atoms with Gasteiger partial charge in [0.05, 0.1) is 25.7 Å². The van der Waals surface area contributed by atoms with E-state index in [1.54, 1.807) is 6.20 Å². The van der Waals surface area contributed by atoms with E-state index in [4.69, 9.17) is 21.1 Å². The lowest BCUT2D eigenvalue weighted by atomic mass is 9.98. The Morgan fingerprint density at radius 3 is 2.80 bits per heavy atom. The van der Waals surface area contributed by atoms with Crippen LogP contribution in [0.3, 0.4) is 0 Å². The predicted octanol–water partition coefficient (Wildman–Crippen LogP) is 2.80. The molecular weight excluding hydrogens is 384 g/mol. The molecule has 0 spiro atoms. The lowest BCUT2D eigenvalue weighted by Crippen LogP contribution is -2.47. The second-order valence-corrected chi connectivity index (χ2v) is 9.37. The molecule has 1 fully saturated rings. The molecule has 6 nitrogen and oxygen atoms in total. The molecule has 0 bridgehead atoms. The van der Waals surface area contributed by atoms with Crippen LogP contribution >= 0.6 is 22.9 Å². The fourth-order valence-electron chi connectivity index (χ4n) is 2.68. The van der Waals surface area contributed by atoms with Crippen LogP contribution in [-0.4, -0.2) is 45.5 Å². The molecule has 0 aliphatic carbocycles. The first kappa shape index (κ1) is 18.6. The van der Waals surface area contributed by atoms with Gasteiger partial charge in [0.15, 0.2) is 0 Å². The smallest absolute Gasteiger partial charge is 0.208 e. The first-order valence-corrected chi connectivity index (χ1v) is 10.9. The van der Waals surface area contributed by atoms with Crippen LogP contribution in [0.4, 0.5) is 0 Å². The molecular formula is C16H19ClN2O4S2. The van der Waals surface area contributed by atoms with Crippen LogP contribution in [0.5, 0.6) is 5.75 Å². The van der Waals surface area contributed by atoms with Crippen molar-refractivity contribution in [1.29, 1.82) is 0 Å². The van der Waals surface area contributed by atoms with Crippen LogP contribution in [0.25, 0.3) is 10.6 Å². The van der Waals surface area contributed by atoms with Crippen molar-refractivity contribution in [3.8, 4) is 16.3 Å². The maximum Gasteiger partial charge on any atom is 0.208 e. The van der Waals surface area contributed by atoms with E-state index in [0.717, 1.165) is 16.3 Å². The third-order valence-corrected chi connectivity index (χ3v) is 5.78. The Kier molecular flexibility index (Phi) is 5.96. The van der Waals surface area contributed by atoms with Gasteiger partial charge in [-0.25, -0.2) is 18.1 Å². The van der Waals surface area contributed by atoms with Crippen molar-refractivity contribution in [2.45, 2.75) is 12.5 Å². The molecule has 1 aromatic heterocycles. The van der Waals surface area contributed by atoms with Crippen LogP contribution in [0.2, 0.25) is 4.34 Å². The molecule has 0 saturated carbocycles. The quantitative estimate of drug-likeness (QED) is 0.803. The SMILES string of the molecule is CS(=O)(=O)NC1CCOCC1COc1ccc(-c2ncc(Cl)s2)cc1.